The number of amides is 1. The van der Waals surface area contributed by atoms with Crippen molar-refractivity contribution in [1.29, 1.82) is 0 Å². The van der Waals surface area contributed by atoms with Gasteiger partial charge in [-0.25, -0.2) is 0 Å². The first-order chi connectivity index (χ1) is 7.54. The van der Waals surface area contributed by atoms with Crippen molar-refractivity contribution in [3.05, 3.63) is 29.8 Å². The van der Waals surface area contributed by atoms with Crippen molar-refractivity contribution in [2.75, 3.05) is 12.3 Å². The average Bonchev–Trinajstić information content (AvgIpc) is 2.25. The summed E-state index contributed by atoms with van der Waals surface area (Å²) in [6.45, 7) is 1.00. The number of nitrogen functional groups attached to an aromatic ring is 1. The van der Waals surface area contributed by atoms with Crippen LogP contribution in [0.3, 0.4) is 0 Å². The molecule has 5 heteroatoms. The lowest BCUT2D eigenvalue weighted by Gasteiger charge is -2.21. The lowest BCUT2D eigenvalue weighted by molar-refractivity contribution is -0.121. The van der Waals surface area contributed by atoms with Gasteiger partial charge in [0.05, 0.1) is 12.6 Å². The smallest absolute Gasteiger partial charge is 0.217 e. The fourth-order valence-corrected chi connectivity index (χ4v) is 1.41. The number of nitrogens with one attached hydrogen (secondary N) is 1. The first-order valence-corrected chi connectivity index (χ1v) is 4.96. The van der Waals surface area contributed by atoms with Crippen molar-refractivity contribution in [2.24, 2.45) is 0 Å². The molecule has 0 saturated carbocycles. The fraction of sp³-hybridized carbons (Fsp3) is 0.364. The molecule has 0 aromatic heterocycles. The van der Waals surface area contributed by atoms with Crippen molar-refractivity contribution < 1.29 is 15.0 Å². The molecule has 0 radical (unpaired) electrons. The van der Waals surface area contributed by atoms with Gasteiger partial charge in [0.25, 0.3) is 0 Å². The lowest BCUT2D eigenvalue weighted by Crippen LogP contribution is -2.40. The van der Waals surface area contributed by atoms with E-state index < -0.39 is 12.1 Å². The molecule has 1 amide bonds. The molecular weight excluding hydrogens is 208 g/mol. The summed E-state index contributed by atoms with van der Waals surface area (Å²) in [5, 5.41) is 21.4. The Hall–Kier alpha value is -1.59. The van der Waals surface area contributed by atoms with Crippen molar-refractivity contribution >= 4 is 11.6 Å². The van der Waals surface area contributed by atoms with Gasteiger partial charge < -0.3 is 21.3 Å². The molecule has 0 unspecified atom stereocenters. The normalized spacial score (nSPS) is 14.2. The monoisotopic (exact) mass is 224 g/mol. The molecular formula is C11H16N2O3. The summed E-state index contributed by atoms with van der Waals surface area (Å²) in [7, 11) is 0. The Bertz CT molecular complexity index is 351. The Kier molecular flexibility index (Phi) is 4.28. The summed E-state index contributed by atoms with van der Waals surface area (Å²) < 4.78 is 0. The van der Waals surface area contributed by atoms with E-state index in [9.17, 15) is 9.90 Å². The minimum absolute atomic E-state index is 0.298. The topological polar surface area (TPSA) is 95.6 Å². The highest BCUT2D eigenvalue weighted by Crippen LogP contribution is 2.18. The Morgan fingerprint density at radius 1 is 1.44 bits per heavy atom. The van der Waals surface area contributed by atoms with Crippen LogP contribution >= 0.6 is 0 Å². The Morgan fingerprint density at radius 2 is 2.00 bits per heavy atom. The third kappa shape index (κ3) is 3.22. The van der Waals surface area contributed by atoms with Crippen LogP contribution in [-0.2, 0) is 4.79 Å². The summed E-state index contributed by atoms with van der Waals surface area (Å²) in [6.07, 6.45) is -0.950. The van der Waals surface area contributed by atoms with Crippen LogP contribution in [0.4, 0.5) is 5.69 Å². The van der Waals surface area contributed by atoms with E-state index in [2.05, 4.69) is 5.32 Å². The quantitative estimate of drug-likeness (QED) is 0.532. The van der Waals surface area contributed by atoms with Gasteiger partial charge in [0.1, 0.15) is 6.10 Å². The molecule has 0 saturated heterocycles. The molecule has 1 aromatic carbocycles. The SMILES string of the molecule is CC(=O)N[C@H](CO)[C@H](O)c1ccc(N)cc1. The zero-order chi connectivity index (χ0) is 12.1. The summed E-state index contributed by atoms with van der Waals surface area (Å²) in [5.41, 5.74) is 6.71. The zero-order valence-electron chi connectivity index (χ0n) is 9.05. The molecule has 0 aliphatic rings. The maximum Gasteiger partial charge on any atom is 0.217 e. The van der Waals surface area contributed by atoms with Crippen molar-refractivity contribution in [3.8, 4) is 0 Å². The van der Waals surface area contributed by atoms with Gasteiger partial charge in [0, 0.05) is 12.6 Å². The standard InChI is InChI=1S/C11H16N2O3/c1-7(15)13-10(6-14)11(16)8-2-4-9(12)5-3-8/h2-5,10-11,14,16H,6,12H2,1H3,(H,13,15)/t10-,11-/m1/s1. The van der Waals surface area contributed by atoms with Crippen LogP contribution in [-0.4, -0.2) is 28.8 Å². The maximum atomic E-state index is 10.8. The molecule has 16 heavy (non-hydrogen) atoms. The zero-order valence-corrected chi connectivity index (χ0v) is 9.05. The van der Waals surface area contributed by atoms with E-state index in [1.165, 1.54) is 6.92 Å². The van der Waals surface area contributed by atoms with Gasteiger partial charge in [-0.2, -0.15) is 0 Å². The van der Waals surface area contributed by atoms with E-state index in [1.54, 1.807) is 24.3 Å². The lowest BCUT2D eigenvalue weighted by atomic mass is 10.0. The number of hydrogen-bond acceptors (Lipinski definition) is 4. The molecule has 1 aromatic rings. The molecule has 5 nitrogen and oxygen atoms in total. The van der Waals surface area contributed by atoms with Crippen LogP contribution in [0, 0.1) is 0 Å². The van der Waals surface area contributed by atoms with Gasteiger partial charge in [-0.1, -0.05) is 12.1 Å². The molecule has 88 valence electrons. The molecule has 0 aliphatic heterocycles. The van der Waals surface area contributed by atoms with Crippen LogP contribution in [0.25, 0.3) is 0 Å². The van der Waals surface area contributed by atoms with E-state index in [0.29, 0.717) is 11.3 Å². The summed E-state index contributed by atoms with van der Waals surface area (Å²) in [6, 6.07) is 5.91. The maximum absolute atomic E-state index is 10.8. The molecule has 5 N–H and O–H groups in total. The third-order valence-corrected chi connectivity index (χ3v) is 2.24. The number of hydrogen-bond donors (Lipinski definition) is 4. The summed E-state index contributed by atoms with van der Waals surface area (Å²) >= 11 is 0. The van der Waals surface area contributed by atoms with Gasteiger partial charge in [0.2, 0.25) is 5.91 Å². The van der Waals surface area contributed by atoms with Crippen molar-refractivity contribution in [3.63, 3.8) is 0 Å². The third-order valence-electron chi connectivity index (χ3n) is 2.24. The fourth-order valence-electron chi connectivity index (χ4n) is 1.41. The molecule has 0 fully saturated rings. The van der Waals surface area contributed by atoms with E-state index >= 15 is 0 Å². The minimum atomic E-state index is -0.950. The van der Waals surface area contributed by atoms with E-state index in [0.717, 1.165) is 0 Å². The molecule has 0 heterocycles. The van der Waals surface area contributed by atoms with E-state index in [4.69, 9.17) is 10.8 Å². The van der Waals surface area contributed by atoms with Gasteiger partial charge in [-0.3, -0.25) is 4.79 Å². The van der Waals surface area contributed by atoms with Gasteiger partial charge >= 0.3 is 0 Å². The molecule has 2 atom stereocenters. The summed E-state index contributed by atoms with van der Waals surface area (Å²) in [4.78, 5) is 10.8. The number of anilines is 1. The number of carbonyl (C=O) groups excluding carboxylic acids is 1. The van der Waals surface area contributed by atoms with Crippen LogP contribution in [0.2, 0.25) is 0 Å². The minimum Gasteiger partial charge on any atom is -0.399 e. The van der Waals surface area contributed by atoms with Crippen LogP contribution in [0.15, 0.2) is 24.3 Å². The number of nitrogens with two attached hydrogens (primary N) is 1. The highest BCUT2D eigenvalue weighted by Gasteiger charge is 2.20. The highest BCUT2D eigenvalue weighted by molar-refractivity contribution is 5.73. The van der Waals surface area contributed by atoms with Crippen LogP contribution in [0.5, 0.6) is 0 Å². The second kappa shape index (κ2) is 5.48. The van der Waals surface area contributed by atoms with E-state index in [-0.39, 0.29) is 12.5 Å². The van der Waals surface area contributed by atoms with Crippen LogP contribution in [0.1, 0.15) is 18.6 Å². The second-order valence-electron chi connectivity index (χ2n) is 3.60. The summed E-state index contributed by atoms with van der Waals surface area (Å²) in [5.74, 6) is -0.298. The molecule has 0 bridgehead atoms. The van der Waals surface area contributed by atoms with Gasteiger partial charge in [0.15, 0.2) is 0 Å². The van der Waals surface area contributed by atoms with Gasteiger partial charge in [-0.05, 0) is 17.7 Å². The number of benzene rings is 1. The first-order valence-electron chi connectivity index (χ1n) is 4.96. The Morgan fingerprint density at radius 3 is 2.44 bits per heavy atom. The second-order valence-corrected chi connectivity index (χ2v) is 3.60. The molecule has 0 spiro atoms. The predicted molar refractivity (Wildman–Crippen MR) is 60.5 cm³/mol. The molecule has 0 aliphatic carbocycles. The van der Waals surface area contributed by atoms with Crippen LogP contribution < -0.4 is 11.1 Å². The van der Waals surface area contributed by atoms with E-state index in [1.807, 2.05) is 0 Å². The van der Waals surface area contributed by atoms with Crippen molar-refractivity contribution in [2.45, 2.75) is 19.1 Å². The number of carbonyl (C=O) groups is 1. The number of aliphatic hydroxyl groups excluding tert-OH is 2. The highest BCUT2D eigenvalue weighted by atomic mass is 16.3. The predicted octanol–water partition coefficient (Wildman–Crippen LogP) is -0.201. The first kappa shape index (κ1) is 12.5. The number of aliphatic hydroxyl groups is 2. The Balaban J connectivity index is 2.78. The van der Waals surface area contributed by atoms with Gasteiger partial charge in [-0.15, -0.1) is 0 Å². The van der Waals surface area contributed by atoms with Crippen molar-refractivity contribution in [1.82, 2.24) is 5.32 Å². The number of rotatable bonds is 4. The largest absolute Gasteiger partial charge is 0.399 e. The average molecular weight is 224 g/mol. The Labute approximate surface area is 93.9 Å². The molecule has 1 rings (SSSR count).